The number of rotatable bonds is 6. The van der Waals surface area contributed by atoms with Gasteiger partial charge < -0.3 is 19.2 Å². The van der Waals surface area contributed by atoms with Gasteiger partial charge in [0.25, 0.3) is 0 Å². The van der Waals surface area contributed by atoms with Crippen LogP contribution in [0.15, 0.2) is 45.9 Å². The summed E-state index contributed by atoms with van der Waals surface area (Å²) in [6, 6.07) is 3.49. The molecule has 0 aliphatic heterocycles. The Morgan fingerprint density at radius 3 is 3.09 bits per heavy atom. The second kappa shape index (κ2) is 6.33. The van der Waals surface area contributed by atoms with Crippen LogP contribution in [0.2, 0.25) is 0 Å². The van der Waals surface area contributed by atoms with Crippen molar-refractivity contribution in [3.05, 3.63) is 58.3 Å². The van der Waals surface area contributed by atoms with Gasteiger partial charge in [-0.1, -0.05) is 0 Å². The normalized spacial score (nSPS) is 11.1. The van der Waals surface area contributed by atoms with Crippen LogP contribution >= 0.6 is 15.9 Å². The zero-order valence-corrected chi connectivity index (χ0v) is 13.2. The van der Waals surface area contributed by atoms with Gasteiger partial charge in [0.05, 0.1) is 34.5 Å². The molecule has 0 saturated carbocycles. The standard InChI is InChI=1S/C15H14BrN3O3/c16-13-5-11(15(20)21)8-19-12(7-18-14(13)19)6-17-3-1-10-2-4-22-9-10/h2,4-5,7-9,17H,1,3,6H2,(H,20,21). The lowest BCUT2D eigenvalue weighted by Gasteiger charge is -2.06. The van der Waals surface area contributed by atoms with Gasteiger partial charge in [-0.25, -0.2) is 9.78 Å². The number of furan rings is 1. The first kappa shape index (κ1) is 14.8. The van der Waals surface area contributed by atoms with E-state index in [0.29, 0.717) is 16.7 Å². The highest BCUT2D eigenvalue weighted by molar-refractivity contribution is 9.10. The van der Waals surface area contributed by atoms with Gasteiger partial charge in [0, 0.05) is 12.7 Å². The van der Waals surface area contributed by atoms with Crippen LogP contribution in [0.3, 0.4) is 0 Å². The summed E-state index contributed by atoms with van der Waals surface area (Å²) in [6.07, 6.45) is 7.59. The summed E-state index contributed by atoms with van der Waals surface area (Å²) in [5, 5.41) is 12.5. The molecular formula is C15H14BrN3O3. The van der Waals surface area contributed by atoms with E-state index in [4.69, 9.17) is 9.52 Å². The summed E-state index contributed by atoms with van der Waals surface area (Å²) < 4.78 is 7.48. The molecule has 2 N–H and O–H groups in total. The van der Waals surface area contributed by atoms with Crippen LogP contribution in [0.5, 0.6) is 0 Å². The number of hydrogen-bond donors (Lipinski definition) is 2. The van der Waals surface area contributed by atoms with Crippen LogP contribution in [0.4, 0.5) is 0 Å². The van der Waals surface area contributed by atoms with E-state index in [1.165, 1.54) is 0 Å². The van der Waals surface area contributed by atoms with Crippen LogP contribution in [0, 0.1) is 0 Å². The largest absolute Gasteiger partial charge is 0.478 e. The molecule has 0 saturated heterocycles. The van der Waals surface area contributed by atoms with Crippen LogP contribution in [0.25, 0.3) is 5.65 Å². The fourth-order valence-electron chi connectivity index (χ4n) is 2.23. The molecule has 0 aromatic carbocycles. The molecule has 0 unspecified atom stereocenters. The van der Waals surface area contributed by atoms with Crippen molar-refractivity contribution in [2.45, 2.75) is 13.0 Å². The zero-order chi connectivity index (χ0) is 15.5. The van der Waals surface area contributed by atoms with Gasteiger partial charge in [-0.3, -0.25) is 0 Å². The number of carboxylic acid groups (broad SMARTS) is 1. The molecule has 0 fully saturated rings. The van der Waals surface area contributed by atoms with Crippen LogP contribution in [-0.2, 0) is 13.0 Å². The molecular weight excluding hydrogens is 350 g/mol. The molecule has 3 aromatic heterocycles. The molecule has 0 spiro atoms. The maximum absolute atomic E-state index is 11.1. The van der Waals surface area contributed by atoms with E-state index in [-0.39, 0.29) is 5.56 Å². The van der Waals surface area contributed by atoms with Gasteiger partial charge in [-0.2, -0.15) is 0 Å². The maximum Gasteiger partial charge on any atom is 0.337 e. The number of imidazole rings is 1. The maximum atomic E-state index is 11.1. The minimum absolute atomic E-state index is 0.219. The average molecular weight is 364 g/mol. The zero-order valence-electron chi connectivity index (χ0n) is 11.6. The van der Waals surface area contributed by atoms with Crippen molar-refractivity contribution < 1.29 is 14.3 Å². The highest BCUT2D eigenvalue weighted by Gasteiger charge is 2.11. The van der Waals surface area contributed by atoms with Crippen molar-refractivity contribution in [3.8, 4) is 0 Å². The molecule has 0 atom stereocenters. The van der Waals surface area contributed by atoms with Gasteiger partial charge in [0.15, 0.2) is 5.65 Å². The number of nitrogens with zero attached hydrogens (tertiary/aromatic N) is 2. The quantitative estimate of drug-likeness (QED) is 0.658. The molecule has 3 aromatic rings. The molecule has 7 heteroatoms. The smallest absolute Gasteiger partial charge is 0.337 e. The van der Waals surface area contributed by atoms with Gasteiger partial charge in [0.1, 0.15) is 0 Å². The van der Waals surface area contributed by atoms with Crippen molar-refractivity contribution in [2.24, 2.45) is 0 Å². The third-order valence-corrected chi connectivity index (χ3v) is 3.94. The van der Waals surface area contributed by atoms with Crippen molar-refractivity contribution >= 4 is 27.5 Å². The Balaban J connectivity index is 1.72. The number of carbonyl (C=O) groups is 1. The molecule has 3 heterocycles. The highest BCUT2D eigenvalue weighted by Crippen LogP contribution is 2.20. The second-order valence-corrected chi connectivity index (χ2v) is 5.74. The summed E-state index contributed by atoms with van der Waals surface area (Å²) in [7, 11) is 0. The molecule has 0 bridgehead atoms. The van der Waals surface area contributed by atoms with E-state index in [1.54, 1.807) is 35.4 Å². The first-order valence-corrected chi connectivity index (χ1v) is 7.55. The van der Waals surface area contributed by atoms with Crippen molar-refractivity contribution in [2.75, 3.05) is 6.54 Å². The molecule has 0 aliphatic rings. The number of halogens is 1. The Kier molecular flexibility index (Phi) is 4.26. The van der Waals surface area contributed by atoms with Crippen LogP contribution in [-0.4, -0.2) is 27.0 Å². The van der Waals surface area contributed by atoms with Crippen molar-refractivity contribution in [1.29, 1.82) is 0 Å². The van der Waals surface area contributed by atoms with Gasteiger partial charge >= 0.3 is 5.97 Å². The number of aromatic carboxylic acids is 1. The summed E-state index contributed by atoms with van der Waals surface area (Å²) in [5.41, 5.74) is 2.97. The number of fused-ring (bicyclic) bond motifs is 1. The lowest BCUT2D eigenvalue weighted by atomic mass is 10.2. The third-order valence-electron chi connectivity index (χ3n) is 3.36. The molecule has 114 valence electrons. The van der Waals surface area contributed by atoms with E-state index in [9.17, 15) is 4.79 Å². The molecule has 22 heavy (non-hydrogen) atoms. The Hall–Kier alpha value is -2.12. The molecule has 0 radical (unpaired) electrons. The highest BCUT2D eigenvalue weighted by atomic mass is 79.9. The number of aromatic nitrogens is 2. The number of hydrogen-bond acceptors (Lipinski definition) is 4. The predicted molar refractivity (Wildman–Crippen MR) is 84.0 cm³/mol. The van der Waals surface area contributed by atoms with Crippen molar-refractivity contribution in [1.82, 2.24) is 14.7 Å². The summed E-state index contributed by atoms with van der Waals surface area (Å²) in [4.78, 5) is 15.5. The summed E-state index contributed by atoms with van der Waals surface area (Å²) >= 11 is 3.36. The van der Waals surface area contributed by atoms with Crippen molar-refractivity contribution in [3.63, 3.8) is 0 Å². The van der Waals surface area contributed by atoms with Gasteiger partial charge in [-0.15, -0.1) is 0 Å². The SMILES string of the molecule is O=C(O)c1cc(Br)c2ncc(CNCCc3ccoc3)n2c1. The second-order valence-electron chi connectivity index (χ2n) is 4.88. The fourth-order valence-corrected chi connectivity index (χ4v) is 2.77. The minimum Gasteiger partial charge on any atom is -0.478 e. The summed E-state index contributed by atoms with van der Waals surface area (Å²) in [5.74, 6) is -0.963. The average Bonchev–Trinajstić information content (AvgIpc) is 3.13. The van der Waals surface area contributed by atoms with E-state index in [1.807, 2.05) is 6.07 Å². The Morgan fingerprint density at radius 1 is 1.50 bits per heavy atom. The fraction of sp³-hybridized carbons (Fsp3) is 0.200. The van der Waals surface area contributed by atoms with Gasteiger partial charge in [-0.05, 0) is 46.6 Å². The lowest BCUT2D eigenvalue weighted by molar-refractivity contribution is 0.0696. The Morgan fingerprint density at radius 2 is 2.36 bits per heavy atom. The number of carboxylic acids is 1. The topological polar surface area (TPSA) is 79.8 Å². The first-order valence-electron chi connectivity index (χ1n) is 6.75. The number of pyridine rings is 1. The Labute approximate surface area is 134 Å². The van der Waals surface area contributed by atoms with Gasteiger partial charge in [0.2, 0.25) is 0 Å². The van der Waals surface area contributed by atoms with E-state index < -0.39 is 5.97 Å². The molecule has 3 rings (SSSR count). The molecule has 6 nitrogen and oxygen atoms in total. The Bertz CT molecular complexity index is 796. The minimum atomic E-state index is -0.963. The molecule has 0 aliphatic carbocycles. The number of nitrogens with one attached hydrogen (secondary N) is 1. The summed E-state index contributed by atoms with van der Waals surface area (Å²) in [6.45, 7) is 1.40. The first-order chi connectivity index (χ1) is 10.6. The van der Waals surface area contributed by atoms with E-state index in [2.05, 4.69) is 26.2 Å². The van der Waals surface area contributed by atoms with E-state index in [0.717, 1.165) is 24.2 Å². The van der Waals surface area contributed by atoms with Crippen LogP contribution in [0.1, 0.15) is 21.6 Å². The lowest BCUT2D eigenvalue weighted by Crippen LogP contribution is -2.17. The predicted octanol–water partition coefficient (Wildman–Crippen LogP) is 2.72. The molecule has 0 amide bonds. The van der Waals surface area contributed by atoms with E-state index >= 15 is 0 Å². The monoisotopic (exact) mass is 363 g/mol. The van der Waals surface area contributed by atoms with Crippen LogP contribution < -0.4 is 5.32 Å². The third kappa shape index (κ3) is 3.05.